The summed E-state index contributed by atoms with van der Waals surface area (Å²) in [7, 11) is 0. The fourth-order valence-corrected chi connectivity index (χ4v) is 2.00. The molecule has 0 radical (unpaired) electrons. The standard InChI is InChI=1S/C15H22O5/c1-14(2,3)20-12(18)7-6-11(17)19-13-10(16)8-9-15(13,4)5/h6-7,13H,8-9H2,1-5H3/b7-6+. The van der Waals surface area contributed by atoms with Gasteiger partial charge in [0.25, 0.3) is 0 Å². The Morgan fingerprint density at radius 2 is 1.75 bits per heavy atom. The van der Waals surface area contributed by atoms with Crippen LogP contribution in [-0.2, 0) is 23.9 Å². The molecule has 5 heteroatoms. The van der Waals surface area contributed by atoms with Crippen molar-refractivity contribution in [1.29, 1.82) is 0 Å². The van der Waals surface area contributed by atoms with Crippen molar-refractivity contribution >= 4 is 17.7 Å². The van der Waals surface area contributed by atoms with E-state index in [-0.39, 0.29) is 11.2 Å². The molecule has 1 saturated carbocycles. The molecule has 0 bridgehead atoms. The van der Waals surface area contributed by atoms with Gasteiger partial charge in [-0.2, -0.15) is 0 Å². The van der Waals surface area contributed by atoms with Crippen LogP contribution in [-0.4, -0.2) is 29.4 Å². The maximum absolute atomic E-state index is 11.7. The summed E-state index contributed by atoms with van der Waals surface area (Å²) in [6, 6.07) is 0. The SMILES string of the molecule is CC(C)(C)OC(=O)/C=C/C(=O)OC1C(=O)CCC1(C)C. The van der Waals surface area contributed by atoms with Gasteiger partial charge in [-0.25, -0.2) is 9.59 Å². The van der Waals surface area contributed by atoms with E-state index < -0.39 is 23.6 Å². The average molecular weight is 282 g/mol. The van der Waals surface area contributed by atoms with Gasteiger partial charge in [-0.05, 0) is 27.2 Å². The monoisotopic (exact) mass is 282 g/mol. The number of carbonyl (C=O) groups excluding carboxylic acids is 3. The van der Waals surface area contributed by atoms with Gasteiger partial charge in [0.15, 0.2) is 11.9 Å². The van der Waals surface area contributed by atoms with Crippen molar-refractivity contribution in [2.24, 2.45) is 5.41 Å². The van der Waals surface area contributed by atoms with Gasteiger partial charge >= 0.3 is 11.9 Å². The number of rotatable bonds is 3. The summed E-state index contributed by atoms with van der Waals surface area (Å²) in [4.78, 5) is 34.7. The first-order chi connectivity index (χ1) is 9.01. The molecule has 1 unspecified atom stereocenters. The van der Waals surface area contributed by atoms with Crippen molar-refractivity contribution in [3.05, 3.63) is 12.2 Å². The topological polar surface area (TPSA) is 69.7 Å². The summed E-state index contributed by atoms with van der Waals surface area (Å²) in [6.45, 7) is 8.96. The fourth-order valence-electron chi connectivity index (χ4n) is 2.00. The second-order valence-corrected chi connectivity index (χ2v) is 6.64. The van der Waals surface area contributed by atoms with Crippen LogP contribution < -0.4 is 0 Å². The third kappa shape index (κ3) is 4.79. The van der Waals surface area contributed by atoms with Gasteiger partial charge in [-0.1, -0.05) is 13.8 Å². The molecule has 0 aromatic carbocycles. The van der Waals surface area contributed by atoms with Gasteiger partial charge in [-0.15, -0.1) is 0 Å². The van der Waals surface area contributed by atoms with Crippen molar-refractivity contribution in [2.45, 2.75) is 59.2 Å². The van der Waals surface area contributed by atoms with Crippen molar-refractivity contribution in [3.8, 4) is 0 Å². The van der Waals surface area contributed by atoms with E-state index in [9.17, 15) is 14.4 Å². The van der Waals surface area contributed by atoms with E-state index >= 15 is 0 Å². The largest absolute Gasteiger partial charge is 0.457 e. The Morgan fingerprint density at radius 3 is 2.20 bits per heavy atom. The van der Waals surface area contributed by atoms with Gasteiger partial charge in [0.05, 0.1) is 0 Å². The van der Waals surface area contributed by atoms with Crippen molar-refractivity contribution < 1.29 is 23.9 Å². The Balaban J connectivity index is 2.56. The zero-order chi connectivity index (χ0) is 15.6. The molecule has 0 N–H and O–H groups in total. The third-order valence-corrected chi connectivity index (χ3v) is 3.01. The summed E-state index contributed by atoms with van der Waals surface area (Å²) in [5, 5.41) is 0. The van der Waals surface area contributed by atoms with Gasteiger partial charge < -0.3 is 9.47 Å². The summed E-state index contributed by atoms with van der Waals surface area (Å²) >= 11 is 0. The number of ketones is 1. The molecular weight excluding hydrogens is 260 g/mol. The van der Waals surface area contributed by atoms with Gasteiger partial charge in [0, 0.05) is 24.0 Å². The van der Waals surface area contributed by atoms with Crippen molar-refractivity contribution in [3.63, 3.8) is 0 Å². The molecule has 20 heavy (non-hydrogen) atoms. The zero-order valence-electron chi connectivity index (χ0n) is 12.7. The molecule has 5 nitrogen and oxygen atoms in total. The normalized spacial score (nSPS) is 22.1. The number of hydrogen-bond acceptors (Lipinski definition) is 5. The van der Waals surface area contributed by atoms with Crippen molar-refractivity contribution in [1.82, 2.24) is 0 Å². The maximum atomic E-state index is 11.7. The van der Waals surface area contributed by atoms with Crippen LogP contribution in [0.2, 0.25) is 0 Å². The first kappa shape index (κ1) is 16.4. The smallest absolute Gasteiger partial charge is 0.331 e. The lowest BCUT2D eigenvalue weighted by Gasteiger charge is -2.24. The summed E-state index contributed by atoms with van der Waals surface area (Å²) < 4.78 is 10.2. The number of esters is 2. The second kappa shape index (κ2) is 5.77. The molecule has 0 aromatic heterocycles. The minimum absolute atomic E-state index is 0.0750. The molecule has 0 aliphatic heterocycles. The number of hydrogen-bond donors (Lipinski definition) is 0. The molecule has 1 aliphatic carbocycles. The molecule has 112 valence electrons. The highest BCUT2D eigenvalue weighted by atomic mass is 16.6. The van der Waals surface area contributed by atoms with Crippen LogP contribution in [0.4, 0.5) is 0 Å². The molecule has 1 atom stereocenters. The first-order valence-corrected chi connectivity index (χ1v) is 6.66. The Kier molecular flexibility index (Phi) is 4.73. The number of ether oxygens (including phenoxy) is 2. The molecule has 0 aromatic rings. The van der Waals surface area contributed by atoms with Crippen LogP contribution in [0.15, 0.2) is 12.2 Å². The maximum Gasteiger partial charge on any atom is 0.331 e. The Morgan fingerprint density at radius 1 is 1.20 bits per heavy atom. The summed E-state index contributed by atoms with van der Waals surface area (Å²) in [6.07, 6.45) is 2.38. The van der Waals surface area contributed by atoms with Crippen LogP contribution in [0.1, 0.15) is 47.5 Å². The minimum Gasteiger partial charge on any atom is -0.457 e. The first-order valence-electron chi connectivity index (χ1n) is 6.66. The number of carbonyl (C=O) groups is 3. The van der Waals surface area contributed by atoms with E-state index in [1.165, 1.54) is 0 Å². The molecule has 1 aliphatic rings. The molecule has 1 fully saturated rings. The van der Waals surface area contributed by atoms with Gasteiger partial charge in [-0.3, -0.25) is 4.79 Å². The lowest BCUT2D eigenvalue weighted by Crippen LogP contribution is -2.33. The highest BCUT2D eigenvalue weighted by molar-refractivity contribution is 5.94. The quantitative estimate of drug-likeness (QED) is 0.586. The van der Waals surface area contributed by atoms with Gasteiger partial charge in [0.1, 0.15) is 5.60 Å². The highest BCUT2D eigenvalue weighted by Gasteiger charge is 2.43. The van der Waals surface area contributed by atoms with E-state index in [4.69, 9.17) is 9.47 Å². The van der Waals surface area contributed by atoms with Gasteiger partial charge in [0.2, 0.25) is 0 Å². The summed E-state index contributed by atoms with van der Waals surface area (Å²) in [5.41, 5.74) is -0.971. The van der Waals surface area contributed by atoms with E-state index in [0.717, 1.165) is 12.2 Å². The molecular formula is C15H22O5. The highest BCUT2D eigenvalue weighted by Crippen LogP contribution is 2.37. The molecule has 0 spiro atoms. The molecule has 1 rings (SSSR count). The van der Waals surface area contributed by atoms with Crippen LogP contribution in [0.25, 0.3) is 0 Å². The Hall–Kier alpha value is -1.65. The Bertz CT molecular complexity index is 440. The molecule has 0 heterocycles. The fraction of sp³-hybridized carbons (Fsp3) is 0.667. The molecule has 0 amide bonds. The predicted molar refractivity (Wildman–Crippen MR) is 72.9 cm³/mol. The molecule has 0 saturated heterocycles. The van der Waals surface area contributed by atoms with Crippen molar-refractivity contribution in [2.75, 3.05) is 0 Å². The van der Waals surface area contributed by atoms with Crippen LogP contribution in [0.5, 0.6) is 0 Å². The second-order valence-electron chi connectivity index (χ2n) is 6.64. The van der Waals surface area contributed by atoms with E-state index in [2.05, 4.69) is 0 Å². The third-order valence-electron chi connectivity index (χ3n) is 3.01. The number of Topliss-reactive ketones (excluding diaryl/α,β-unsaturated/α-hetero) is 1. The Labute approximate surface area is 119 Å². The summed E-state index contributed by atoms with van der Waals surface area (Å²) in [5.74, 6) is -1.40. The minimum atomic E-state index is -0.738. The van der Waals surface area contributed by atoms with Crippen LogP contribution in [0.3, 0.4) is 0 Å². The van der Waals surface area contributed by atoms with E-state index in [1.807, 2.05) is 13.8 Å². The lowest BCUT2D eigenvalue weighted by molar-refractivity contribution is -0.154. The lowest BCUT2D eigenvalue weighted by atomic mass is 9.89. The van der Waals surface area contributed by atoms with Crippen LogP contribution >= 0.6 is 0 Å². The average Bonchev–Trinajstić information content (AvgIpc) is 2.51. The van der Waals surface area contributed by atoms with Crippen LogP contribution in [0, 0.1) is 5.41 Å². The zero-order valence-corrected chi connectivity index (χ0v) is 12.7. The predicted octanol–water partition coefficient (Wildman–Crippen LogP) is 2.19. The van der Waals surface area contributed by atoms with E-state index in [1.54, 1.807) is 20.8 Å². The van der Waals surface area contributed by atoms with E-state index in [0.29, 0.717) is 12.8 Å².